The van der Waals surface area contributed by atoms with Crippen molar-refractivity contribution in [3.05, 3.63) is 70.0 Å². The Morgan fingerprint density at radius 2 is 1.89 bits per heavy atom. The lowest BCUT2D eigenvalue weighted by Gasteiger charge is -2.16. The first-order valence-electron chi connectivity index (χ1n) is 9.37. The van der Waals surface area contributed by atoms with E-state index in [1.54, 1.807) is 6.07 Å². The fourth-order valence-electron chi connectivity index (χ4n) is 3.68. The molecule has 0 spiro atoms. The van der Waals surface area contributed by atoms with Gasteiger partial charge in [0.1, 0.15) is 18.2 Å². The molecule has 142 valence electrons. The molecule has 2 aromatic rings. The lowest BCUT2D eigenvalue weighted by molar-refractivity contribution is -0.136. The largest absolute Gasteiger partial charge is 0.489 e. The van der Waals surface area contributed by atoms with Crippen LogP contribution in [0.25, 0.3) is 5.57 Å². The van der Waals surface area contributed by atoms with Gasteiger partial charge in [-0.2, -0.15) is 0 Å². The summed E-state index contributed by atoms with van der Waals surface area (Å²) in [5, 5.41) is 8.88. The molecule has 3 rings (SSSR count). The number of ether oxygens (including phenoxy) is 1. The molecule has 0 fully saturated rings. The summed E-state index contributed by atoms with van der Waals surface area (Å²) in [5.74, 6) is -0.165. The summed E-state index contributed by atoms with van der Waals surface area (Å²) in [7, 11) is 0. The summed E-state index contributed by atoms with van der Waals surface area (Å²) < 4.78 is 20.2. The van der Waals surface area contributed by atoms with Crippen molar-refractivity contribution < 1.29 is 19.0 Å². The van der Waals surface area contributed by atoms with Gasteiger partial charge < -0.3 is 9.84 Å². The Morgan fingerprint density at radius 1 is 1.11 bits per heavy atom. The number of carbonyl (C=O) groups is 1. The van der Waals surface area contributed by atoms with Gasteiger partial charge in [-0.15, -0.1) is 0 Å². The van der Waals surface area contributed by atoms with Gasteiger partial charge in [-0.05, 0) is 79.5 Å². The molecule has 1 aliphatic rings. The second kappa shape index (κ2) is 8.38. The standard InChI is InChI=1S/C23H25FO3/c1-15-16(2)22(12-10-17(15)11-13-23(25)26)27-14-18-6-5-8-19(18)20-7-3-4-9-21(20)24/h3-4,7,9-10,12H,5-6,8,11,13-14H2,1-2H3,(H,25,26). The molecular formula is C23H25FO3. The van der Waals surface area contributed by atoms with Gasteiger partial charge >= 0.3 is 5.97 Å². The van der Waals surface area contributed by atoms with E-state index in [1.807, 2.05) is 38.1 Å². The summed E-state index contributed by atoms with van der Waals surface area (Å²) in [6.07, 6.45) is 3.48. The molecule has 0 atom stereocenters. The maximum Gasteiger partial charge on any atom is 0.303 e. The van der Waals surface area contributed by atoms with Gasteiger partial charge in [-0.1, -0.05) is 24.3 Å². The van der Waals surface area contributed by atoms with E-state index in [9.17, 15) is 9.18 Å². The molecule has 1 N–H and O–H groups in total. The average Bonchev–Trinajstić information content (AvgIpc) is 3.10. The minimum Gasteiger partial charge on any atom is -0.489 e. The van der Waals surface area contributed by atoms with Crippen molar-refractivity contribution in [2.24, 2.45) is 0 Å². The van der Waals surface area contributed by atoms with Crippen molar-refractivity contribution in [1.29, 1.82) is 0 Å². The number of carboxylic acids is 1. The zero-order chi connectivity index (χ0) is 19.4. The molecule has 0 bridgehead atoms. The molecular weight excluding hydrogens is 343 g/mol. The molecule has 0 unspecified atom stereocenters. The minimum absolute atomic E-state index is 0.124. The molecule has 0 heterocycles. The summed E-state index contributed by atoms with van der Waals surface area (Å²) in [6.45, 7) is 4.45. The van der Waals surface area contributed by atoms with Gasteiger partial charge in [-0.3, -0.25) is 4.79 Å². The highest BCUT2D eigenvalue weighted by Crippen LogP contribution is 2.35. The van der Waals surface area contributed by atoms with Gasteiger partial charge in [0.15, 0.2) is 0 Å². The third-order valence-electron chi connectivity index (χ3n) is 5.39. The van der Waals surface area contributed by atoms with Crippen LogP contribution in [0.5, 0.6) is 5.75 Å². The van der Waals surface area contributed by atoms with Crippen LogP contribution in [0, 0.1) is 19.7 Å². The lowest BCUT2D eigenvalue weighted by Crippen LogP contribution is -2.05. The highest BCUT2D eigenvalue weighted by molar-refractivity contribution is 5.71. The van der Waals surface area contributed by atoms with Crippen LogP contribution in [-0.2, 0) is 11.2 Å². The molecule has 27 heavy (non-hydrogen) atoms. The quantitative estimate of drug-likeness (QED) is 0.704. The predicted octanol–water partition coefficient (Wildman–Crippen LogP) is 5.48. The molecule has 1 aliphatic carbocycles. The Bertz CT molecular complexity index is 883. The fraction of sp³-hybridized carbons (Fsp3) is 0.348. The number of aliphatic carboxylic acids is 1. The van der Waals surface area contributed by atoms with Crippen molar-refractivity contribution in [2.75, 3.05) is 6.61 Å². The highest BCUT2D eigenvalue weighted by Gasteiger charge is 2.19. The van der Waals surface area contributed by atoms with E-state index in [2.05, 4.69) is 0 Å². The topological polar surface area (TPSA) is 46.5 Å². The first-order chi connectivity index (χ1) is 13.0. The summed E-state index contributed by atoms with van der Waals surface area (Å²) in [4.78, 5) is 10.8. The van der Waals surface area contributed by atoms with E-state index >= 15 is 0 Å². The average molecular weight is 368 g/mol. The number of rotatable bonds is 7. The Labute approximate surface area is 159 Å². The highest BCUT2D eigenvalue weighted by atomic mass is 19.1. The number of benzene rings is 2. The Morgan fingerprint density at radius 3 is 2.63 bits per heavy atom. The maximum absolute atomic E-state index is 14.2. The van der Waals surface area contributed by atoms with Crippen molar-refractivity contribution in [3.8, 4) is 5.75 Å². The fourth-order valence-corrected chi connectivity index (χ4v) is 3.68. The number of carboxylic acid groups (broad SMARTS) is 1. The maximum atomic E-state index is 14.2. The molecule has 2 aromatic carbocycles. The Hall–Kier alpha value is -2.62. The van der Waals surface area contributed by atoms with E-state index in [-0.39, 0.29) is 12.2 Å². The SMILES string of the molecule is Cc1c(CCC(=O)O)ccc(OCC2=C(c3ccccc3F)CCC2)c1C. The predicted molar refractivity (Wildman–Crippen MR) is 105 cm³/mol. The molecule has 0 saturated heterocycles. The Balaban J connectivity index is 1.76. The molecule has 0 radical (unpaired) electrons. The van der Waals surface area contributed by atoms with Gasteiger partial charge in [-0.25, -0.2) is 4.39 Å². The van der Waals surface area contributed by atoms with E-state index in [4.69, 9.17) is 9.84 Å². The van der Waals surface area contributed by atoms with E-state index in [0.717, 1.165) is 52.8 Å². The molecule has 0 saturated carbocycles. The van der Waals surface area contributed by atoms with Crippen molar-refractivity contribution in [3.63, 3.8) is 0 Å². The summed E-state index contributed by atoms with van der Waals surface area (Å²) in [5.41, 5.74) is 6.06. The zero-order valence-electron chi connectivity index (χ0n) is 15.8. The van der Waals surface area contributed by atoms with E-state index < -0.39 is 5.97 Å². The second-order valence-electron chi connectivity index (χ2n) is 7.07. The third-order valence-corrected chi connectivity index (χ3v) is 5.39. The Kier molecular flexibility index (Phi) is 5.94. The number of aryl methyl sites for hydroxylation is 1. The number of hydrogen-bond donors (Lipinski definition) is 1. The van der Waals surface area contributed by atoms with Crippen molar-refractivity contribution >= 4 is 11.5 Å². The smallest absolute Gasteiger partial charge is 0.303 e. The minimum atomic E-state index is -0.791. The van der Waals surface area contributed by atoms with Crippen LogP contribution < -0.4 is 4.74 Å². The zero-order valence-corrected chi connectivity index (χ0v) is 15.8. The van der Waals surface area contributed by atoms with Gasteiger partial charge in [0, 0.05) is 12.0 Å². The normalized spacial score (nSPS) is 13.9. The third kappa shape index (κ3) is 4.38. The van der Waals surface area contributed by atoms with Gasteiger partial charge in [0.05, 0.1) is 0 Å². The van der Waals surface area contributed by atoms with Crippen LogP contribution in [0.1, 0.15) is 47.9 Å². The summed E-state index contributed by atoms with van der Waals surface area (Å²) >= 11 is 0. The number of halogens is 1. The first kappa shape index (κ1) is 19.2. The van der Waals surface area contributed by atoms with Crippen LogP contribution in [0.4, 0.5) is 4.39 Å². The summed E-state index contributed by atoms with van der Waals surface area (Å²) in [6, 6.07) is 10.8. The van der Waals surface area contributed by atoms with Crippen molar-refractivity contribution in [1.82, 2.24) is 0 Å². The van der Waals surface area contributed by atoms with Crippen LogP contribution in [0.3, 0.4) is 0 Å². The molecule has 3 nitrogen and oxygen atoms in total. The van der Waals surface area contributed by atoms with E-state index in [0.29, 0.717) is 18.6 Å². The lowest BCUT2D eigenvalue weighted by atomic mass is 9.98. The molecule has 0 amide bonds. The molecule has 4 heteroatoms. The number of allylic oxidation sites excluding steroid dienone is 1. The second-order valence-corrected chi connectivity index (χ2v) is 7.07. The van der Waals surface area contributed by atoms with Gasteiger partial charge in [0.2, 0.25) is 0 Å². The monoisotopic (exact) mass is 368 g/mol. The van der Waals surface area contributed by atoms with Crippen LogP contribution in [-0.4, -0.2) is 17.7 Å². The van der Waals surface area contributed by atoms with Crippen LogP contribution in [0.15, 0.2) is 42.0 Å². The van der Waals surface area contributed by atoms with Crippen LogP contribution in [0.2, 0.25) is 0 Å². The van der Waals surface area contributed by atoms with Crippen molar-refractivity contribution in [2.45, 2.75) is 46.0 Å². The van der Waals surface area contributed by atoms with Gasteiger partial charge in [0.25, 0.3) is 0 Å². The van der Waals surface area contributed by atoms with Crippen LogP contribution >= 0.6 is 0 Å². The van der Waals surface area contributed by atoms with E-state index in [1.165, 1.54) is 6.07 Å². The first-order valence-corrected chi connectivity index (χ1v) is 9.37. The molecule has 0 aromatic heterocycles. The number of hydrogen-bond acceptors (Lipinski definition) is 2. The molecule has 0 aliphatic heterocycles.